The highest BCUT2D eigenvalue weighted by atomic mass is 35.5. The maximum atomic E-state index is 6.10. The van der Waals surface area contributed by atoms with Crippen LogP contribution in [0.3, 0.4) is 0 Å². The molecule has 1 aromatic heterocycles. The van der Waals surface area contributed by atoms with Gasteiger partial charge in [0.25, 0.3) is 0 Å². The summed E-state index contributed by atoms with van der Waals surface area (Å²) >= 11 is 6.10. The fourth-order valence-corrected chi connectivity index (χ4v) is 1.96. The van der Waals surface area contributed by atoms with Crippen molar-refractivity contribution in [3.05, 3.63) is 41.4 Å². The van der Waals surface area contributed by atoms with E-state index < -0.39 is 0 Å². The van der Waals surface area contributed by atoms with Crippen LogP contribution in [-0.4, -0.2) is 18.1 Å². The Bertz CT molecular complexity index is 505. The second-order valence-electron chi connectivity index (χ2n) is 3.91. The topological polar surface area (TPSA) is 38.1 Å². The van der Waals surface area contributed by atoms with E-state index in [0.717, 1.165) is 30.2 Å². The molecule has 0 amide bonds. The van der Waals surface area contributed by atoms with Gasteiger partial charge < -0.3 is 9.73 Å². The Balaban J connectivity index is 1.95. The van der Waals surface area contributed by atoms with E-state index in [1.165, 1.54) is 0 Å². The normalized spacial score (nSPS) is 16.1. The lowest BCUT2D eigenvalue weighted by Crippen LogP contribution is -2.40. The fourth-order valence-electron chi connectivity index (χ4n) is 1.73. The number of hydrogen-bond acceptors (Lipinski definition) is 3. The first kappa shape index (κ1) is 9.87. The molecule has 3 rings (SSSR count). The van der Waals surface area contributed by atoms with Gasteiger partial charge in [0.2, 0.25) is 0 Å². The van der Waals surface area contributed by atoms with Crippen molar-refractivity contribution in [2.45, 2.75) is 5.92 Å². The fraction of sp³-hybridized carbons (Fsp3) is 0.250. The van der Waals surface area contributed by atoms with Crippen LogP contribution in [0.5, 0.6) is 0 Å². The molecule has 0 aliphatic carbocycles. The SMILES string of the molecule is Clc1ccccc1-c1coc(C2CNC2)n1. The van der Waals surface area contributed by atoms with E-state index in [2.05, 4.69) is 10.3 Å². The first-order valence-electron chi connectivity index (χ1n) is 5.25. The van der Waals surface area contributed by atoms with E-state index in [4.69, 9.17) is 16.0 Å². The Labute approximate surface area is 98.4 Å². The standard InChI is InChI=1S/C12H11ClN2O/c13-10-4-2-1-3-9(10)11-7-16-12(15-11)8-5-14-6-8/h1-4,7-8,14H,5-6H2. The predicted octanol–water partition coefficient (Wildman–Crippen LogP) is 2.68. The summed E-state index contributed by atoms with van der Waals surface area (Å²) in [5.41, 5.74) is 1.74. The first-order valence-corrected chi connectivity index (χ1v) is 5.63. The van der Waals surface area contributed by atoms with Gasteiger partial charge in [0.1, 0.15) is 12.0 Å². The van der Waals surface area contributed by atoms with Gasteiger partial charge in [-0.1, -0.05) is 29.8 Å². The molecule has 2 aromatic rings. The molecule has 1 aromatic carbocycles. The molecule has 0 radical (unpaired) electrons. The summed E-state index contributed by atoms with van der Waals surface area (Å²) in [7, 11) is 0. The highest BCUT2D eigenvalue weighted by Crippen LogP contribution is 2.29. The predicted molar refractivity (Wildman–Crippen MR) is 62.6 cm³/mol. The van der Waals surface area contributed by atoms with Crippen LogP contribution in [0.15, 0.2) is 34.9 Å². The molecule has 0 bridgehead atoms. The lowest BCUT2D eigenvalue weighted by Gasteiger charge is -2.23. The summed E-state index contributed by atoms with van der Waals surface area (Å²) in [6, 6.07) is 7.66. The zero-order chi connectivity index (χ0) is 11.0. The number of aromatic nitrogens is 1. The third-order valence-electron chi connectivity index (χ3n) is 2.80. The lowest BCUT2D eigenvalue weighted by molar-refractivity contribution is 0.357. The van der Waals surface area contributed by atoms with Crippen molar-refractivity contribution in [2.24, 2.45) is 0 Å². The molecule has 1 fully saturated rings. The van der Waals surface area contributed by atoms with Crippen molar-refractivity contribution >= 4 is 11.6 Å². The molecular weight excluding hydrogens is 224 g/mol. The van der Waals surface area contributed by atoms with Crippen LogP contribution in [0.25, 0.3) is 11.3 Å². The Kier molecular flexibility index (Phi) is 2.42. The number of benzene rings is 1. The third kappa shape index (κ3) is 1.62. The molecule has 1 aliphatic heterocycles. The van der Waals surface area contributed by atoms with Gasteiger partial charge in [0, 0.05) is 18.7 Å². The van der Waals surface area contributed by atoms with E-state index in [1.54, 1.807) is 6.26 Å². The van der Waals surface area contributed by atoms with Gasteiger partial charge in [0.15, 0.2) is 5.89 Å². The number of halogens is 1. The van der Waals surface area contributed by atoms with Crippen LogP contribution >= 0.6 is 11.6 Å². The minimum absolute atomic E-state index is 0.413. The molecule has 0 saturated carbocycles. The Hall–Kier alpha value is -1.32. The quantitative estimate of drug-likeness (QED) is 0.868. The maximum absolute atomic E-state index is 6.10. The van der Waals surface area contributed by atoms with Gasteiger partial charge in [0.05, 0.1) is 10.9 Å². The monoisotopic (exact) mass is 234 g/mol. The smallest absolute Gasteiger partial charge is 0.200 e. The van der Waals surface area contributed by atoms with Gasteiger partial charge in [-0.15, -0.1) is 0 Å². The molecular formula is C12H11ClN2O. The second kappa shape index (κ2) is 3.92. The van der Waals surface area contributed by atoms with Crippen molar-refractivity contribution in [3.63, 3.8) is 0 Å². The number of rotatable bonds is 2. The van der Waals surface area contributed by atoms with Crippen LogP contribution in [0.1, 0.15) is 11.8 Å². The Morgan fingerprint density at radius 3 is 2.81 bits per heavy atom. The average Bonchev–Trinajstić information content (AvgIpc) is 2.65. The maximum Gasteiger partial charge on any atom is 0.200 e. The van der Waals surface area contributed by atoms with E-state index in [1.807, 2.05) is 24.3 Å². The highest BCUT2D eigenvalue weighted by Gasteiger charge is 2.24. The van der Waals surface area contributed by atoms with Gasteiger partial charge in [-0.05, 0) is 6.07 Å². The van der Waals surface area contributed by atoms with E-state index in [9.17, 15) is 0 Å². The summed E-state index contributed by atoms with van der Waals surface area (Å²) in [5, 5.41) is 3.90. The molecule has 3 nitrogen and oxygen atoms in total. The van der Waals surface area contributed by atoms with Crippen molar-refractivity contribution in [2.75, 3.05) is 13.1 Å². The minimum atomic E-state index is 0.413. The van der Waals surface area contributed by atoms with Crippen LogP contribution in [-0.2, 0) is 0 Å². The van der Waals surface area contributed by atoms with Gasteiger partial charge in [-0.3, -0.25) is 0 Å². The molecule has 0 atom stereocenters. The van der Waals surface area contributed by atoms with Crippen molar-refractivity contribution in [1.29, 1.82) is 0 Å². The number of hydrogen-bond donors (Lipinski definition) is 1. The molecule has 0 spiro atoms. The van der Waals surface area contributed by atoms with Gasteiger partial charge in [-0.2, -0.15) is 0 Å². The van der Waals surface area contributed by atoms with Crippen LogP contribution in [0.4, 0.5) is 0 Å². The average molecular weight is 235 g/mol. The molecule has 82 valence electrons. The van der Waals surface area contributed by atoms with Crippen molar-refractivity contribution in [3.8, 4) is 11.3 Å². The minimum Gasteiger partial charge on any atom is -0.448 e. The second-order valence-corrected chi connectivity index (χ2v) is 4.31. The molecule has 1 N–H and O–H groups in total. The summed E-state index contributed by atoms with van der Waals surface area (Å²) in [5.74, 6) is 1.21. The molecule has 0 unspecified atom stereocenters. The summed E-state index contributed by atoms with van der Waals surface area (Å²) in [6.45, 7) is 1.89. The zero-order valence-corrected chi connectivity index (χ0v) is 9.37. The molecule has 1 aliphatic rings. The highest BCUT2D eigenvalue weighted by molar-refractivity contribution is 6.33. The summed E-state index contributed by atoms with van der Waals surface area (Å²) in [6.07, 6.45) is 1.68. The van der Waals surface area contributed by atoms with Crippen LogP contribution in [0.2, 0.25) is 5.02 Å². The van der Waals surface area contributed by atoms with Crippen LogP contribution < -0.4 is 5.32 Å². The first-order chi connectivity index (χ1) is 7.84. The summed E-state index contributed by atoms with van der Waals surface area (Å²) in [4.78, 5) is 4.47. The van der Waals surface area contributed by atoms with E-state index in [0.29, 0.717) is 10.9 Å². The molecule has 16 heavy (non-hydrogen) atoms. The van der Waals surface area contributed by atoms with Gasteiger partial charge >= 0.3 is 0 Å². The zero-order valence-electron chi connectivity index (χ0n) is 8.61. The van der Waals surface area contributed by atoms with Gasteiger partial charge in [-0.25, -0.2) is 4.98 Å². The lowest BCUT2D eigenvalue weighted by atomic mass is 10.0. The Morgan fingerprint density at radius 1 is 1.31 bits per heavy atom. The Morgan fingerprint density at radius 2 is 2.12 bits per heavy atom. The largest absolute Gasteiger partial charge is 0.448 e. The van der Waals surface area contributed by atoms with Crippen molar-refractivity contribution in [1.82, 2.24) is 10.3 Å². The van der Waals surface area contributed by atoms with Crippen molar-refractivity contribution < 1.29 is 4.42 Å². The molecule has 2 heterocycles. The number of nitrogens with zero attached hydrogens (tertiary/aromatic N) is 1. The molecule has 1 saturated heterocycles. The number of oxazole rings is 1. The number of nitrogens with one attached hydrogen (secondary N) is 1. The third-order valence-corrected chi connectivity index (χ3v) is 3.13. The van der Waals surface area contributed by atoms with E-state index >= 15 is 0 Å². The van der Waals surface area contributed by atoms with E-state index in [-0.39, 0.29) is 0 Å². The van der Waals surface area contributed by atoms with Crippen LogP contribution in [0, 0.1) is 0 Å². The summed E-state index contributed by atoms with van der Waals surface area (Å²) < 4.78 is 5.47. The molecule has 4 heteroatoms.